The van der Waals surface area contributed by atoms with Gasteiger partial charge in [0.25, 0.3) is 0 Å². The lowest BCUT2D eigenvalue weighted by Crippen LogP contribution is -2.01. The summed E-state index contributed by atoms with van der Waals surface area (Å²) in [5, 5.41) is 19.4. The molecule has 0 N–H and O–H groups in total. The average Bonchev–Trinajstić information content (AvgIpc) is 3.03. The summed E-state index contributed by atoms with van der Waals surface area (Å²) < 4.78 is 1.97. The SMILES string of the molecule is C=CCn1c(SCc2ccc(C#N)cc2)nnc1-c1ccc(Cl)cc1Cl. The first-order chi connectivity index (χ1) is 12.6. The van der Waals surface area contributed by atoms with Gasteiger partial charge in [-0.1, -0.05) is 53.2 Å². The minimum absolute atomic E-state index is 0.527. The molecule has 0 bridgehead atoms. The summed E-state index contributed by atoms with van der Waals surface area (Å²) >= 11 is 13.9. The molecular weight excluding hydrogens is 387 g/mol. The van der Waals surface area contributed by atoms with E-state index >= 15 is 0 Å². The topological polar surface area (TPSA) is 54.5 Å². The van der Waals surface area contributed by atoms with Crippen LogP contribution in [0.4, 0.5) is 0 Å². The Balaban J connectivity index is 1.86. The summed E-state index contributed by atoms with van der Waals surface area (Å²) in [5.74, 6) is 1.39. The van der Waals surface area contributed by atoms with Crippen LogP contribution in [0.25, 0.3) is 11.4 Å². The Hall–Kier alpha value is -2.26. The number of aromatic nitrogens is 3. The summed E-state index contributed by atoms with van der Waals surface area (Å²) in [4.78, 5) is 0. The van der Waals surface area contributed by atoms with Crippen LogP contribution in [0.2, 0.25) is 10.0 Å². The van der Waals surface area contributed by atoms with Gasteiger partial charge in [0.15, 0.2) is 11.0 Å². The Morgan fingerprint density at radius 1 is 1.15 bits per heavy atom. The molecule has 0 saturated heterocycles. The molecule has 1 aromatic heterocycles. The molecule has 130 valence electrons. The van der Waals surface area contributed by atoms with E-state index in [4.69, 9.17) is 28.5 Å². The highest BCUT2D eigenvalue weighted by atomic mass is 35.5. The van der Waals surface area contributed by atoms with Crippen LogP contribution < -0.4 is 0 Å². The molecule has 0 fully saturated rings. The Bertz CT molecular complexity index is 974. The number of rotatable bonds is 6. The van der Waals surface area contributed by atoms with Crippen LogP contribution in [-0.2, 0) is 12.3 Å². The van der Waals surface area contributed by atoms with Crippen molar-refractivity contribution < 1.29 is 0 Å². The van der Waals surface area contributed by atoms with Crippen molar-refractivity contribution in [2.24, 2.45) is 0 Å². The quantitative estimate of drug-likeness (QED) is 0.398. The third-order valence-electron chi connectivity index (χ3n) is 3.65. The van der Waals surface area contributed by atoms with Gasteiger partial charge in [-0.05, 0) is 35.9 Å². The van der Waals surface area contributed by atoms with E-state index in [0.29, 0.717) is 28.0 Å². The number of halogens is 2. The van der Waals surface area contributed by atoms with E-state index in [1.54, 1.807) is 30.0 Å². The standard InChI is InChI=1S/C19H14Cl2N4S/c1-2-9-25-18(16-8-7-15(20)10-17(16)21)23-24-19(25)26-12-14-5-3-13(11-22)4-6-14/h2-8,10H,1,9,12H2. The third-order valence-corrected chi connectivity index (χ3v) is 5.24. The number of nitrogens with zero attached hydrogens (tertiary/aromatic N) is 4. The molecule has 7 heteroatoms. The first-order valence-corrected chi connectivity index (χ1v) is 9.48. The number of nitriles is 1. The smallest absolute Gasteiger partial charge is 0.192 e. The number of allylic oxidation sites excluding steroid dienone is 1. The van der Waals surface area contributed by atoms with Crippen molar-refractivity contribution in [3.63, 3.8) is 0 Å². The lowest BCUT2D eigenvalue weighted by molar-refractivity contribution is 0.731. The molecule has 4 nitrogen and oxygen atoms in total. The van der Waals surface area contributed by atoms with Gasteiger partial charge < -0.3 is 0 Å². The van der Waals surface area contributed by atoms with Crippen molar-refractivity contribution in [2.75, 3.05) is 0 Å². The van der Waals surface area contributed by atoms with Crippen molar-refractivity contribution in [1.82, 2.24) is 14.8 Å². The molecule has 3 rings (SSSR count). The van der Waals surface area contributed by atoms with Gasteiger partial charge in [-0.3, -0.25) is 4.57 Å². The van der Waals surface area contributed by atoms with Crippen LogP contribution in [0.5, 0.6) is 0 Å². The fraction of sp³-hybridized carbons (Fsp3) is 0.105. The van der Waals surface area contributed by atoms with E-state index in [1.165, 1.54) is 0 Å². The number of benzene rings is 2. The van der Waals surface area contributed by atoms with Gasteiger partial charge in [-0.15, -0.1) is 16.8 Å². The van der Waals surface area contributed by atoms with Crippen LogP contribution in [0.1, 0.15) is 11.1 Å². The maximum absolute atomic E-state index is 8.88. The summed E-state index contributed by atoms with van der Waals surface area (Å²) in [5.41, 5.74) is 2.53. The second kappa shape index (κ2) is 8.41. The molecule has 0 aliphatic heterocycles. The zero-order valence-corrected chi connectivity index (χ0v) is 16.0. The van der Waals surface area contributed by atoms with Crippen molar-refractivity contribution in [2.45, 2.75) is 17.5 Å². The number of thioether (sulfide) groups is 1. The van der Waals surface area contributed by atoms with Gasteiger partial charge in [-0.25, -0.2) is 0 Å². The average molecular weight is 401 g/mol. The first kappa shape index (κ1) is 18.5. The highest BCUT2D eigenvalue weighted by molar-refractivity contribution is 7.98. The third kappa shape index (κ3) is 4.10. The van der Waals surface area contributed by atoms with Crippen LogP contribution in [-0.4, -0.2) is 14.8 Å². The lowest BCUT2D eigenvalue weighted by Gasteiger charge is -2.09. The van der Waals surface area contributed by atoms with Gasteiger partial charge in [0.05, 0.1) is 16.7 Å². The number of hydrogen-bond donors (Lipinski definition) is 0. The Morgan fingerprint density at radius 3 is 2.58 bits per heavy atom. The van der Waals surface area contributed by atoms with Gasteiger partial charge in [0.2, 0.25) is 0 Å². The van der Waals surface area contributed by atoms with E-state index in [2.05, 4.69) is 22.8 Å². The minimum Gasteiger partial charge on any atom is -0.298 e. The Morgan fingerprint density at radius 2 is 1.92 bits per heavy atom. The van der Waals surface area contributed by atoms with Gasteiger partial charge in [0, 0.05) is 22.9 Å². The summed E-state index contributed by atoms with van der Waals surface area (Å²) in [7, 11) is 0. The molecule has 0 spiro atoms. The lowest BCUT2D eigenvalue weighted by atomic mass is 10.2. The fourth-order valence-electron chi connectivity index (χ4n) is 2.38. The Labute approximate surface area is 166 Å². The molecule has 0 aliphatic rings. The van der Waals surface area contributed by atoms with E-state index in [1.807, 2.05) is 34.9 Å². The molecule has 0 atom stereocenters. The molecule has 0 saturated carbocycles. The predicted octanol–water partition coefficient (Wildman–Crippen LogP) is 5.60. The van der Waals surface area contributed by atoms with Crippen LogP contribution in [0.15, 0.2) is 60.3 Å². The number of hydrogen-bond acceptors (Lipinski definition) is 4. The zero-order valence-electron chi connectivity index (χ0n) is 13.7. The maximum Gasteiger partial charge on any atom is 0.192 e. The van der Waals surface area contributed by atoms with Crippen molar-refractivity contribution in [1.29, 1.82) is 5.26 Å². The zero-order chi connectivity index (χ0) is 18.5. The molecule has 1 heterocycles. The van der Waals surface area contributed by atoms with E-state index in [-0.39, 0.29) is 0 Å². The largest absolute Gasteiger partial charge is 0.298 e. The van der Waals surface area contributed by atoms with E-state index in [0.717, 1.165) is 22.0 Å². The highest BCUT2D eigenvalue weighted by Gasteiger charge is 2.16. The Kier molecular flexibility index (Phi) is 6.00. The van der Waals surface area contributed by atoms with Crippen LogP contribution >= 0.6 is 35.0 Å². The molecule has 0 aliphatic carbocycles. The van der Waals surface area contributed by atoms with Gasteiger partial charge in [0.1, 0.15) is 0 Å². The maximum atomic E-state index is 8.88. The highest BCUT2D eigenvalue weighted by Crippen LogP contribution is 2.32. The minimum atomic E-state index is 0.527. The van der Waals surface area contributed by atoms with E-state index < -0.39 is 0 Å². The van der Waals surface area contributed by atoms with E-state index in [9.17, 15) is 0 Å². The molecular formula is C19H14Cl2N4S. The van der Waals surface area contributed by atoms with Crippen molar-refractivity contribution in [3.05, 3.63) is 76.3 Å². The normalized spacial score (nSPS) is 10.5. The summed E-state index contributed by atoms with van der Waals surface area (Å²) in [6.45, 7) is 4.38. The molecule has 0 unspecified atom stereocenters. The summed E-state index contributed by atoms with van der Waals surface area (Å²) in [6, 6.07) is 14.9. The van der Waals surface area contributed by atoms with Crippen molar-refractivity contribution in [3.8, 4) is 17.5 Å². The molecule has 0 amide bonds. The molecule has 0 radical (unpaired) electrons. The monoisotopic (exact) mass is 400 g/mol. The fourth-order valence-corrected chi connectivity index (χ4v) is 3.78. The van der Waals surface area contributed by atoms with Gasteiger partial charge >= 0.3 is 0 Å². The van der Waals surface area contributed by atoms with Gasteiger partial charge in [-0.2, -0.15) is 5.26 Å². The predicted molar refractivity (Wildman–Crippen MR) is 106 cm³/mol. The van der Waals surface area contributed by atoms with Crippen molar-refractivity contribution >= 4 is 35.0 Å². The summed E-state index contributed by atoms with van der Waals surface area (Å²) in [6.07, 6.45) is 1.79. The molecule has 2 aromatic carbocycles. The second-order valence-electron chi connectivity index (χ2n) is 5.43. The van der Waals surface area contributed by atoms with Crippen LogP contribution in [0.3, 0.4) is 0 Å². The molecule has 3 aromatic rings. The second-order valence-corrected chi connectivity index (χ2v) is 7.21. The first-order valence-electron chi connectivity index (χ1n) is 7.73. The molecule has 26 heavy (non-hydrogen) atoms. The van der Waals surface area contributed by atoms with Crippen LogP contribution in [0, 0.1) is 11.3 Å².